The molecule has 1 atom stereocenters. The minimum absolute atomic E-state index is 0.0761. The zero-order valence-electron chi connectivity index (χ0n) is 18.4. The summed E-state index contributed by atoms with van der Waals surface area (Å²) >= 11 is 1.64. The van der Waals surface area contributed by atoms with Crippen molar-refractivity contribution in [3.8, 4) is 11.1 Å². The number of rotatable bonds is 6. The average Bonchev–Trinajstić information content (AvgIpc) is 2.81. The highest BCUT2D eigenvalue weighted by Gasteiger charge is 2.08. The second kappa shape index (κ2) is 11.9. The third-order valence-corrected chi connectivity index (χ3v) is 5.61. The monoisotopic (exact) mass is 431 g/mol. The summed E-state index contributed by atoms with van der Waals surface area (Å²) in [5.74, 6) is 0. The van der Waals surface area contributed by atoms with Gasteiger partial charge in [-0.3, -0.25) is 20.2 Å². The molecule has 1 unspecified atom stereocenters. The van der Waals surface area contributed by atoms with Gasteiger partial charge in [0.25, 0.3) is 0 Å². The van der Waals surface area contributed by atoms with Crippen LogP contribution in [0.3, 0.4) is 0 Å². The number of nitrogens with one attached hydrogen (secondary N) is 2. The summed E-state index contributed by atoms with van der Waals surface area (Å²) in [5.41, 5.74) is 2.93. The molecule has 0 aliphatic rings. The van der Waals surface area contributed by atoms with Crippen molar-refractivity contribution in [3.63, 3.8) is 0 Å². The van der Waals surface area contributed by atoms with Crippen LogP contribution in [-0.4, -0.2) is 22.4 Å². The molecule has 5 heteroatoms. The minimum Gasteiger partial charge on any atom is -0.298 e. The number of pyridine rings is 1. The van der Waals surface area contributed by atoms with E-state index in [1.807, 2.05) is 75.4 Å². The standard InChI is InChI=1S/C24H23N3OS.C2H6/c1-3-21-22(19-9-5-4-6-10-19)14-24(26)27(16-25)23(21)12-17(2)29-20-11-7-8-18(13-20)15-28;1-2/h3-17,25-26H,1-2H3;1-2H3/b21-3-,23-12+,25-16?,26-24?;. The Morgan fingerprint density at radius 2 is 1.74 bits per heavy atom. The number of hydrogen-bond donors (Lipinski definition) is 2. The molecule has 0 aliphatic heterocycles. The van der Waals surface area contributed by atoms with E-state index >= 15 is 0 Å². The Labute approximate surface area is 188 Å². The van der Waals surface area contributed by atoms with Crippen LogP contribution in [0.25, 0.3) is 23.3 Å². The Hall–Kier alpha value is -3.18. The first-order valence-corrected chi connectivity index (χ1v) is 11.2. The number of thioether (sulfide) groups is 1. The molecule has 2 aromatic carbocycles. The van der Waals surface area contributed by atoms with E-state index in [9.17, 15) is 4.79 Å². The van der Waals surface area contributed by atoms with Gasteiger partial charge in [0, 0.05) is 20.9 Å². The fraction of sp³-hybridized carbons (Fsp3) is 0.192. The molecule has 0 bridgehead atoms. The third-order valence-electron chi connectivity index (χ3n) is 4.58. The predicted molar refractivity (Wildman–Crippen MR) is 132 cm³/mol. The molecule has 0 spiro atoms. The quantitative estimate of drug-likeness (QED) is 0.257. The van der Waals surface area contributed by atoms with Gasteiger partial charge in [0.1, 0.15) is 11.8 Å². The van der Waals surface area contributed by atoms with Gasteiger partial charge in [-0.25, -0.2) is 0 Å². The number of nitrogens with zero attached hydrogens (tertiary/aromatic N) is 1. The largest absolute Gasteiger partial charge is 0.298 e. The van der Waals surface area contributed by atoms with Gasteiger partial charge in [0.05, 0.1) is 11.7 Å². The molecule has 0 amide bonds. The number of benzene rings is 2. The molecule has 1 heterocycles. The number of carbonyl (C=O) groups is 1. The lowest BCUT2D eigenvalue weighted by Gasteiger charge is -2.12. The number of aromatic nitrogens is 1. The SMILES string of the molecule is C/C=c1/c(-c2ccccc2)cc(=N)n(C=N)/c1=C/C(C)Sc1cccc(C=O)c1.CC. The molecule has 0 saturated heterocycles. The lowest BCUT2D eigenvalue weighted by molar-refractivity contribution is 0.112. The van der Waals surface area contributed by atoms with Gasteiger partial charge in [-0.2, -0.15) is 0 Å². The van der Waals surface area contributed by atoms with Crippen LogP contribution in [0.5, 0.6) is 0 Å². The van der Waals surface area contributed by atoms with E-state index in [1.165, 1.54) is 6.34 Å². The van der Waals surface area contributed by atoms with Crippen molar-refractivity contribution in [1.29, 1.82) is 10.8 Å². The Balaban J connectivity index is 0.00000166. The summed E-state index contributed by atoms with van der Waals surface area (Å²) in [6.07, 6.45) is 6.13. The van der Waals surface area contributed by atoms with Crippen molar-refractivity contribution in [3.05, 3.63) is 82.3 Å². The summed E-state index contributed by atoms with van der Waals surface area (Å²) in [6, 6.07) is 19.3. The maximum absolute atomic E-state index is 11.0. The van der Waals surface area contributed by atoms with E-state index in [1.54, 1.807) is 28.5 Å². The summed E-state index contributed by atoms with van der Waals surface area (Å²) in [6.45, 7) is 8.05. The topological polar surface area (TPSA) is 69.7 Å². The second-order valence-electron chi connectivity index (χ2n) is 6.58. The van der Waals surface area contributed by atoms with Crippen LogP contribution in [0.1, 0.15) is 38.1 Å². The first-order chi connectivity index (χ1) is 15.1. The van der Waals surface area contributed by atoms with Crippen LogP contribution in [0, 0.1) is 10.8 Å². The van der Waals surface area contributed by atoms with Crippen LogP contribution in [0.4, 0.5) is 0 Å². The molecule has 3 aromatic rings. The van der Waals surface area contributed by atoms with Gasteiger partial charge in [-0.05, 0) is 49.2 Å². The molecule has 160 valence electrons. The van der Waals surface area contributed by atoms with E-state index in [4.69, 9.17) is 10.8 Å². The molecule has 2 N–H and O–H groups in total. The number of aldehydes is 1. The highest BCUT2D eigenvalue weighted by Crippen LogP contribution is 2.24. The van der Waals surface area contributed by atoms with E-state index in [-0.39, 0.29) is 10.7 Å². The summed E-state index contributed by atoms with van der Waals surface area (Å²) in [7, 11) is 0. The average molecular weight is 432 g/mol. The van der Waals surface area contributed by atoms with Crippen LogP contribution in [0.15, 0.2) is 65.6 Å². The molecule has 0 aliphatic carbocycles. The molecule has 0 saturated carbocycles. The first kappa shape index (κ1) is 24.1. The van der Waals surface area contributed by atoms with Crippen molar-refractivity contribution < 1.29 is 4.79 Å². The highest BCUT2D eigenvalue weighted by molar-refractivity contribution is 8.00. The number of hydrogen-bond acceptors (Lipinski definition) is 4. The van der Waals surface area contributed by atoms with Crippen molar-refractivity contribution in [1.82, 2.24) is 4.57 Å². The van der Waals surface area contributed by atoms with Gasteiger partial charge in [-0.15, -0.1) is 11.8 Å². The van der Waals surface area contributed by atoms with Gasteiger partial charge in [0.15, 0.2) is 0 Å². The van der Waals surface area contributed by atoms with Crippen LogP contribution >= 0.6 is 11.8 Å². The Morgan fingerprint density at radius 1 is 1.03 bits per heavy atom. The normalized spacial score (nSPS) is 12.6. The maximum atomic E-state index is 11.0. The zero-order valence-corrected chi connectivity index (χ0v) is 19.2. The third kappa shape index (κ3) is 5.92. The molecule has 3 rings (SSSR count). The van der Waals surface area contributed by atoms with Crippen molar-refractivity contribution in [2.75, 3.05) is 0 Å². The van der Waals surface area contributed by atoms with Crippen molar-refractivity contribution >= 4 is 36.5 Å². The number of carbonyl (C=O) groups excluding carboxylic acids is 1. The van der Waals surface area contributed by atoms with E-state index in [0.717, 1.165) is 32.9 Å². The second-order valence-corrected chi connectivity index (χ2v) is 8.03. The molecule has 0 radical (unpaired) electrons. The lowest BCUT2D eigenvalue weighted by Crippen LogP contribution is -2.44. The van der Waals surface area contributed by atoms with Crippen molar-refractivity contribution in [2.24, 2.45) is 0 Å². The Morgan fingerprint density at radius 3 is 2.35 bits per heavy atom. The van der Waals surface area contributed by atoms with Crippen LogP contribution in [-0.2, 0) is 0 Å². The Kier molecular flexibility index (Phi) is 9.22. The molecule has 0 fully saturated rings. The van der Waals surface area contributed by atoms with Gasteiger partial charge in [0.2, 0.25) is 0 Å². The first-order valence-electron chi connectivity index (χ1n) is 10.3. The lowest BCUT2D eigenvalue weighted by atomic mass is 10.0. The fourth-order valence-corrected chi connectivity index (χ4v) is 4.27. The highest BCUT2D eigenvalue weighted by atomic mass is 32.2. The smallest absolute Gasteiger partial charge is 0.150 e. The van der Waals surface area contributed by atoms with Crippen molar-refractivity contribution in [2.45, 2.75) is 37.8 Å². The van der Waals surface area contributed by atoms with Gasteiger partial charge in [-0.1, -0.05) is 62.4 Å². The van der Waals surface area contributed by atoms with Gasteiger partial charge < -0.3 is 0 Å². The van der Waals surface area contributed by atoms with Crippen LogP contribution in [0.2, 0.25) is 0 Å². The molecular formula is C26H29N3OS. The Bertz CT molecular complexity index is 1210. The maximum Gasteiger partial charge on any atom is 0.150 e. The van der Waals surface area contributed by atoms with Crippen LogP contribution < -0.4 is 16.1 Å². The molecule has 31 heavy (non-hydrogen) atoms. The summed E-state index contributed by atoms with van der Waals surface area (Å²) in [5, 5.41) is 18.1. The summed E-state index contributed by atoms with van der Waals surface area (Å²) < 4.78 is 1.58. The van der Waals surface area contributed by atoms with E-state index in [0.29, 0.717) is 5.56 Å². The fourth-order valence-electron chi connectivity index (χ4n) is 3.28. The molecule has 4 nitrogen and oxygen atoms in total. The molecule has 1 aromatic heterocycles. The zero-order chi connectivity index (χ0) is 22.8. The van der Waals surface area contributed by atoms with Gasteiger partial charge >= 0.3 is 0 Å². The predicted octanol–water partition coefficient (Wildman–Crippen LogP) is 4.69. The summed E-state index contributed by atoms with van der Waals surface area (Å²) in [4.78, 5) is 12.0. The minimum atomic E-state index is 0.0761. The molecular weight excluding hydrogens is 402 g/mol. The van der Waals surface area contributed by atoms with E-state index in [2.05, 4.69) is 13.0 Å². The van der Waals surface area contributed by atoms with E-state index < -0.39 is 0 Å².